The van der Waals surface area contributed by atoms with Crippen LogP contribution in [0.25, 0.3) is 0 Å². The first kappa shape index (κ1) is 60.6. The molecule has 0 aliphatic rings. The fraction of sp³-hybridized carbons (Fsp3) is 0.333. The van der Waals surface area contributed by atoms with Gasteiger partial charge in [-0.15, -0.1) is 0 Å². The summed E-state index contributed by atoms with van der Waals surface area (Å²) in [4.78, 5) is 22.7. The molecule has 4 rings (SSSR count). The number of hydrogen-bond acceptors (Lipinski definition) is 4. The van der Waals surface area contributed by atoms with Crippen LogP contribution in [0.15, 0.2) is 83.9 Å². The summed E-state index contributed by atoms with van der Waals surface area (Å²) in [6.45, 7) is 1.75. The highest BCUT2D eigenvalue weighted by Crippen LogP contribution is 2.41. The summed E-state index contributed by atoms with van der Waals surface area (Å²) >= 11 is 0. The van der Waals surface area contributed by atoms with Gasteiger partial charge in [-0.1, -0.05) is 48.5 Å². The Hall–Kier alpha value is -5.71. The molecule has 0 amide bonds. The number of ether oxygens (including phenoxy) is 2. The molecule has 0 aromatic heterocycles. The minimum Gasteiger partial charge on any atom is -0.465 e. The minimum atomic E-state index is -6.13. The van der Waals surface area contributed by atoms with Crippen LogP contribution >= 0.6 is 0 Å². The minimum absolute atomic E-state index is 0.0150. The fourth-order valence-electron chi connectivity index (χ4n) is 7.21. The number of esters is 2. The second-order valence-corrected chi connectivity index (χ2v) is 17.8. The zero-order chi connectivity index (χ0) is 55.9. The Morgan fingerprint density at radius 2 is 0.542 bits per heavy atom. The number of carbonyl (C=O) groups excluding carboxylic acids is 2. The number of hydrogen-bond donors (Lipinski definition) is 0. The maximum absolute atomic E-state index is 14.2. The summed E-state index contributed by atoms with van der Waals surface area (Å²) in [7, 11) is 2.62. The second-order valence-electron chi connectivity index (χ2n) is 15.5. The van der Waals surface area contributed by atoms with Gasteiger partial charge in [0, 0.05) is 0 Å². The van der Waals surface area contributed by atoms with Crippen molar-refractivity contribution in [3.8, 4) is 0 Å². The summed E-state index contributed by atoms with van der Waals surface area (Å²) in [5.74, 6) is -0.575. The SMILES string of the molecule is COC(=O)C(C(=O)OC)=C(C)C[S+](C)C.FC(F)(F)c1cc([B-](c2cc(C(F)(F)F)cc(C(F)(F)F)c2)(c2cc(C(F)(F)F)cc(C(F)(F)F)c2)c2cc(C(F)(F)F)cc(C(F)(F)F)c2)cc(C(F)(F)F)c1. The van der Waals surface area contributed by atoms with E-state index in [4.69, 9.17) is 0 Å². The highest BCUT2D eigenvalue weighted by Gasteiger charge is 2.47. The van der Waals surface area contributed by atoms with Crippen LogP contribution in [-0.2, 0) is 79.4 Å². The molecule has 0 saturated heterocycles. The number of halogens is 24. The van der Waals surface area contributed by atoms with Crippen LogP contribution in [0.1, 0.15) is 51.4 Å². The Balaban J connectivity index is 0.000000785. The Bertz CT molecular complexity index is 2210. The molecule has 4 nitrogen and oxygen atoms in total. The normalized spacial score (nSPS) is 13.4. The van der Waals surface area contributed by atoms with Gasteiger partial charge in [-0.3, -0.25) is 0 Å². The molecule has 72 heavy (non-hydrogen) atoms. The van der Waals surface area contributed by atoms with E-state index < -0.39 is 207 Å². The van der Waals surface area contributed by atoms with Gasteiger partial charge >= 0.3 is 61.3 Å². The van der Waals surface area contributed by atoms with Crippen LogP contribution in [0.2, 0.25) is 0 Å². The largest absolute Gasteiger partial charge is 0.465 e. The van der Waals surface area contributed by atoms with Crippen LogP contribution in [-0.4, -0.2) is 50.6 Å². The highest BCUT2D eigenvalue weighted by molar-refractivity contribution is 7.95. The van der Waals surface area contributed by atoms with Gasteiger partial charge in [-0.25, -0.2) is 9.59 Å². The zero-order valence-corrected chi connectivity index (χ0v) is 37.1. The second kappa shape index (κ2) is 20.7. The molecule has 0 atom stereocenters. The fourth-order valence-corrected chi connectivity index (χ4v) is 8.22. The van der Waals surface area contributed by atoms with Gasteiger partial charge in [0.15, 0.2) is 0 Å². The van der Waals surface area contributed by atoms with Crippen LogP contribution in [0.4, 0.5) is 105 Å². The molecule has 0 unspecified atom stereocenters. The van der Waals surface area contributed by atoms with E-state index in [1.54, 1.807) is 6.92 Å². The molecule has 0 heterocycles. The van der Waals surface area contributed by atoms with Gasteiger partial charge in [-0.2, -0.15) is 127 Å². The Labute approximate surface area is 392 Å². The van der Waals surface area contributed by atoms with Gasteiger partial charge in [0.25, 0.3) is 0 Å². The molecule has 398 valence electrons. The van der Waals surface area contributed by atoms with E-state index in [2.05, 4.69) is 9.47 Å². The van der Waals surface area contributed by atoms with Gasteiger partial charge in [0.2, 0.25) is 0 Å². The van der Waals surface area contributed by atoms with Crippen molar-refractivity contribution in [1.29, 1.82) is 0 Å². The molecule has 30 heteroatoms. The molecule has 4 aromatic carbocycles. The Morgan fingerprint density at radius 3 is 0.667 bits per heavy atom. The van der Waals surface area contributed by atoms with Crippen LogP contribution in [0.3, 0.4) is 0 Å². The van der Waals surface area contributed by atoms with Crippen molar-refractivity contribution in [3.05, 3.63) is 128 Å². The van der Waals surface area contributed by atoms with E-state index in [9.17, 15) is 115 Å². The van der Waals surface area contributed by atoms with Gasteiger partial charge in [-0.05, 0) is 47.7 Å². The van der Waals surface area contributed by atoms with Crippen molar-refractivity contribution in [2.24, 2.45) is 0 Å². The average Bonchev–Trinajstić information content (AvgIpc) is 3.21. The molecule has 0 aliphatic carbocycles. The molecule has 0 bridgehead atoms. The summed E-state index contributed by atoms with van der Waals surface area (Å²) in [5.41, 5.74) is -29.5. The third kappa shape index (κ3) is 14.3. The molecule has 4 aromatic rings. The van der Waals surface area contributed by atoms with Gasteiger partial charge < -0.3 is 9.47 Å². The number of carbonyl (C=O) groups is 2. The summed E-state index contributed by atoms with van der Waals surface area (Å²) in [6.07, 6.45) is -50.7. The van der Waals surface area contributed by atoms with E-state index in [1.807, 2.05) is 12.5 Å². The summed E-state index contributed by atoms with van der Waals surface area (Å²) in [5, 5.41) is 0. The first-order valence-corrected chi connectivity index (χ1v) is 21.2. The van der Waals surface area contributed by atoms with E-state index in [-0.39, 0.29) is 16.5 Å². The van der Waals surface area contributed by atoms with E-state index in [0.717, 1.165) is 0 Å². The van der Waals surface area contributed by atoms with Crippen molar-refractivity contribution < 1.29 is 124 Å². The maximum atomic E-state index is 14.2. The lowest BCUT2D eigenvalue weighted by Gasteiger charge is -2.46. The first-order chi connectivity index (χ1) is 32.2. The van der Waals surface area contributed by atoms with Crippen molar-refractivity contribution in [2.45, 2.75) is 56.3 Å². The smallest absolute Gasteiger partial charge is 0.416 e. The predicted molar refractivity (Wildman–Crippen MR) is 211 cm³/mol. The lowest BCUT2D eigenvalue weighted by atomic mass is 9.12. The number of alkyl halides is 24. The lowest BCUT2D eigenvalue weighted by molar-refractivity contribution is -0.145. The van der Waals surface area contributed by atoms with Crippen molar-refractivity contribution in [1.82, 2.24) is 0 Å². The van der Waals surface area contributed by atoms with E-state index in [1.165, 1.54) is 14.2 Å². The molecular weight excluding hydrogens is 1070 g/mol. The molecular formula is C42H29BF24O4S. The van der Waals surface area contributed by atoms with Crippen molar-refractivity contribution in [3.63, 3.8) is 0 Å². The van der Waals surface area contributed by atoms with E-state index >= 15 is 0 Å². The number of rotatable bonds is 8. The summed E-state index contributed by atoms with van der Waals surface area (Å²) < 4.78 is 350. The zero-order valence-electron chi connectivity index (χ0n) is 36.3. The molecule has 0 aliphatic heterocycles. The monoisotopic (exact) mass is 1100 g/mol. The molecule has 0 radical (unpaired) electrons. The van der Waals surface area contributed by atoms with Crippen LogP contribution < -0.4 is 21.9 Å². The molecule has 0 N–H and O–H groups in total. The van der Waals surface area contributed by atoms with Crippen LogP contribution in [0, 0.1) is 0 Å². The quantitative estimate of drug-likeness (QED) is 0.0336. The highest BCUT2D eigenvalue weighted by atomic mass is 32.2. The Morgan fingerprint density at radius 1 is 0.375 bits per heavy atom. The van der Waals surface area contributed by atoms with Gasteiger partial charge in [0.1, 0.15) is 17.5 Å². The third-order valence-corrected chi connectivity index (χ3v) is 11.2. The third-order valence-electron chi connectivity index (χ3n) is 10.2. The van der Waals surface area contributed by atoms with Crippen molar-refractivity contribution >= 4 is 50.8 Å². The molecule has 0 spiro atoms. The van der Waals surface area contributed by atoms with Crippen molar-refractivity contribution in [2.75, 3.05) is 32.5 Å². The van der Waals surface area contributed by atoms with Crippen LogP contribution in [0.5, 0.6) is 0 Å². The van der Waals surface area contributed by atoms with E-state index in [0.29, 0.717) is 11.3 Å². The maximum Gasteiger partial charge on any atom is 0.416 e. The summed E-state index contributed by atoms with van der Waals surface area (Å²) in [6, 6.07) is -8.81. The lowest BCUT2D eigenvalue weighted by Crippen LogP contribution is -2.75. The first-order valence-electron chi connectivity index (χ1n) is 19.0. The standard InChI is InChI=1S/C32H12BF24.C10H17O4S/c34-25(35,36)13-1-14(26(37,38)39)6-21(5-13)33(22-7-15(27(40,41)42)2-16(8-22)28(43,44)45,23-9-17(29(46,47)48)3-18(10-23)30(49,50)51)24-11-19(31(52,53)54)4-20(12-24)32(55,56)57;1-7(6-15(4)5)8(9(11)13-2)10(12)14-3/h1-12H;6H2,1-5H3/q-1;+1. The number of methoxy groups -OCH3 is 2. The molecule has 0 saturated carbocycles. The topological polar surface area (TPSA) is 52.6 Å². The average molecular weight is 1100 g/mol. The van der Waals surface area contributed by atoms with Gasteiger partial charge in [0.05, 0.1) is 71.2 Å². The Kier molecular flexibility index (Phi) is 17.4. The number of benzene rings is 4. The predicted octanol–water partition coefficient (Wildman–Crippen LogP) is 11.7. The molecule has 0 fully saturated rings.